The van der Waals surface area contributed by atoms with E-state index in [1.165, 1.54) is 7.11 Å². The van der Waals surface area contributed by atoms with Crippen molar-refractivity contribution in [2.45, 2.75) is 12.3 Å². The first-order valence-electron chi connectivity index (χ1n) is 6.77. The molecular weight excluding hydrogens is 266 g/mol. The zero-order valence-electron chi connectivity index (χ0n) is 11.7. The lowest BCUT2D eigenvalue weighted by molar-refractivity contribution is -0.142. The summed E-state index contributed by atoms with van der Waals surface area (Å²) < 4.78 is 4.71. The zero-order valence-corrected chi connectivity index (χ0v) is 11.7. The molecule has 0 saturated heterocycles. The van der Waals surface area contributed by atoms with Gasteiger partial charge in [0, 0.05) is 5.69 Å². The summed E-state index contributed by atoms with van der Waals surface area (Å²) in [6.45, 7) is 0. The van der Waals surface area contributed by atoms with Crippen molar-refractivity contribution in [3.05, 3.63) is 60.2 Å². The average Bonchev–Trinajstić information content (AvgIpc) is 2.80. The molecular formula is C17H15NO3. The summed E-state index contributed by atoms with van der Waals surface area (Å²) in [6.07, 6.45) is 0.0652. The first kappa shape index (κ1) is 13.4. The van der Waals surface area contributed by atoms with E-state index < -0.39 is 5.92 Å². The number of rotatable bonds is 3. The topological polar surface area (TPSA) is 46.6 Å². The van der Waals surface area contributed by atoms with Crippen LogP contribution in [0.1, 0.15) is 17.9 Å². The third-order valence-corrected chi connectivity index (χ3v) is 3.68. The van der Waals surface area contributed by atoms with E-state index in [4.69, 9.17) is 4.74 Å². The van der Waals surface area contributed by atoms with Crippen molar-refractivity contribution in [2.75, 3.05) is 12.0 Å². The molecule has 4 nitrogen and oxygen atoms in total. The normalized spacial score (nSPS) is 16.7. The van der Waals surface area contributed by atoms with E-state index >= 15 is 0 Å². The van der Waals surface area contributed by atoms with E-state index in [0.29, 0.717) is 0 Å². The van der Waals surface area contributed by atoms with Crippen LogP contribution in [0.4, 0.5) is 11.4 Å². The standard InChI is InChI=1S/C17H15NO3/c1-21-16(19)11-14-13-9-5-6-10-15(13)18(17(14)20)12-7-3-2-4-8-12/h2-10,14H,11H2,1H3. The summed E-state index contributed by atoms with van der Waals surface area (Å²) in [6, 6.07) is 17.0. The van der Waals surface area contributed by atoms with Gasteiger partial charge in [0.25, 0.3) is 0 Å². The predicted octanol–water partition coefficient (Wildman–Crippen LogP) is 3.01. The van der Waals surface area contributed by atoms with Gasteiger partial charge >= 0.3 is 5.97 Å². The van der Waals surface area contributed by atoms with E-state index in [-0.39, 0.29) is 18.3 Å². The highest BCUT2D eigenvalue weighted by Crippen LogP contribution is 2.43. The molecule has 1 amide bonds. The van der Waals surface area contributed by atoms with Crippen molar-refractivity contribution in [3.8, 4) is 0 Å². The van der Waals surface area contributed by atoms with E-state index in [1.54, 1.807) is 4.90 Å². The second kappa shape index (κ2) is 5.40. The lowest BCUT2D eigenvalue weighted by Crippen LogP contribution is -2.25. The van der Waals surface area contributed by atoms with Gasteiger partial charge in [-0.1, -0.05) is 36.4 Å². The molecule has 1 aliphatic heterocycles. The number of hydrogen-bond donors (Lipinski definition) is 0. The molecule has 3 rings (SSSR count). The molecule has 2 aromatic carbocycles. The molecule has 4 heteroatoms. The Morgan fingerprint density at radius 1 is 1.10 bits per heavy atom. The third kappa shape index (κ3) is 2.29. The number of methoxy groups -OCH3 is 1. The molecule has 0 aromatic heterocycles. The fourth-order valence-corrected chi connectivity index (χ4v) is 2.68. The number of nitrogens with zero attached hydrogens (tertiary/aromatic N) is 1. The number of hydrogen-bond acceptors (Lipinski definition) is 3. The van der Waals surface area contributed by atoms with Crippen molar-refractivity contribution >= 4 is 23.3 Å². The molecule has 1 aliphatic rings. The highest BCUT2D eigenvalue weighted by atomic mass is 16.5. The zero-order chi connectivity index (χ0) is 14.8. The number of carbonyl (C=O) groups excluding carboxylic acids is 2. The van der Waals surface area contributed by atoms with Crippen molar-refractivity contribution in [2.24, 2.45) is 0 Å². The van der Waals surface area contributed by atoms with E-state index in [9.17, 15) is 9.59 Å². The van der Waals surface area contributed by atoms with Crippen molar-refractivity contribution in [1.82, 2.24) is 0 Å². The molecule has 1 unspecified atom stereocenters. The second-order valence-electron chi connectivity index (χ2n) is 4.90. The minimum Gasteiger partial charge on any atom is -0.469 e. The van der Waals surface area contributed by atoms with Crippen LogP contribution in [0.2, 0.25) is 0 Å². The Kier molecular flexibility index (Phi) is 3.44. The Morgan fingerprint density at radius 2 is 1.76 bits per heavy atom. The van der Waals surface area contributed by atoms with Crippen LogP contribution in [-0.2, 0) is 14.3 Å². The lowest BCUT2D eigenvalue weighted by atomic mass is 9.97. The van der Waals surface area contributed by atoms with Gasteiger partial charge in [0.05, 0.1) is 25.1 Å². The number of ether oxygens (including phenoxy) is 1. The summed E-state index contributed by atoms with van der Waals surface area (Å²) in [7, 11) is 1.34. The molecule has 0 spiro atoms. The van der Waals surface area contributed by atoms with Crippen molar-refractivity contribution < 1.29 is 14.3 Å². The van der Waals surface area contributed by atoms with Gasteiger partial charge in [-0.15, -0.1) is 0 Å². The van der Waals surface area contributed by atoms with Crippen LogP contribution in [-0.4, -0.2) is 19.0 Å². The molecule has 0 saturated carbocycles. The van der Waals surface area contributed by atoms with Gasteiger partial charge in [0.2, 0.25) is 5.91 Å². The predicted molar refractivity (Wildman–Crippen MR) is 79.4 cm³/mol. The van der Waals surface area contributed by atoms with Crippen LogP contribution in [0.3, 0.4) is 0 Å². The van der Waals surface area contributed by atoms with E-state index in [2.05, 4.69) is 0 Å². The van der Waals surface area contributed by atoms with Gasteiger partial charge in [0.15, 0.2) is 0 Å². The lowest BCUT2D eigenvalue weighted by Gasteiger charge is -2.17. The van der Waals surface area contributed by atoms with Crippen molar-refractivity contribution in [1.29, 1.82) is 0 Å². The molecule has 0 fully saturated rings. The summed E-state index contributed by atoms with van der Waals surface area (Å²) in [4.78, 5) is 26.0. The van der Waals surface area contributed by atoms with Gasteiger partial charge in [-0.2, -0.15) is 0 Å². The van der Waals surface area contributed by atoms with Gasteiger partial charge in [-0.05, 0) is 23.8 Å². The van der Waals surface area contributed by atoms with Crippen LogP contribution < -0.4 is 4.90 Å². The van der Waals surface area contributed by atoms with Gasteiger partial charge < -0.3 is 4.74 Å². The minimum absolute atomic E-state index is 0.0652. The fraction of sp³-hybridized carbons (Fsp3) is 0.176. The highest BCUT2D eigenvalue weighted by Gasteiger charge is 2.39. The largest absolute Gasteiger partial charge is 0.469 e. The summed E-state index contributed by atoms with van der Waals surface area (Å²) in [5, 5.41) is 0. The van der Waals surface area contributed by atoms with E-state index in [1.807, 2.05) is 54.6 Å². The third-order valence-electron chi connectivity index (χ3n) is 3.68. The Morgan fingerprint density at radius 3 is 2.48 bits per heavy atom. The van der Waals surface area contributed by atoms with Crippen LogP contribution in [0, 0.1) is 0 Å². The second-order valence-corrected chi connectivity index (χ2v) is 4.90. The number of benzene rings is 2. The number of para-hydroxylation sites is 2. The molecule has 21 heavy (non-hydrogen) atoms. The Balaban J connectivity index is 2.04. The van der Waals surface area contributed by atoms with Gasteiger partial charge in [-0.3, -0.25) is 14.5 Å². The Hall–Kier alpha value is -2.62. The molecule has 0 aliphatic carbocycles. The molecule has 2 aromatic rings. The quantitative estimate of drug-likeness (QED) is 0.812. The Labute approximate surface area is 123 Å². The fourth-order valence-electron chi connectivity index (χ4n) is 2.68. The summed E-state index contributed by atoms with van der Waals surface area (Å²) >= 11 is 0. The Bertz CT molecular complexity index is 681. The number of anilines is 2. The van der Waals surface area contributed by atoms with Crippen LogP contribution >= 0.6 is 0 Å². The van der Waals surface area contributed by atoms with Crippen molar-refractivity contribution in [3.63, 3.8) is 0 Å². The minimum atomic E-state index is -0.478. The maximum Gasteiger partial charge on any atom is 0.306 e. The smallest absolute Gasteiger partial charge is 0.306 e. The van der Waals surface area contributed by atoms with E-state index in [0.717, 1.165) is 16.9 Å². The number of amides is 1. The van der Waals surface area contributed by atoms with Gasteiger partial charge in [0.1, 0.15) is 0 Å². The molecule has 0 bridgehead atoms. The van der Waals surface area contributed by atoms with Crippen LogP contribution in [0.5, 0.6) is 0 Å². The molecule has 0 radical (unpaired) electrons. The molecule has 1 heterocycles. The van der Waals surface area contributed by atoms with Gasteiger partial charge in [-0.25, -0.2) is 0 Å². The number of esters is 1. The number of carbonyl (C=O) groups is 2. The van der Waals surface area contributed by atoms with Crippen LogP contribution in [0.25, 0.3) is 0 Å². The maximum absolute atomic E-state index is 12.7. The molecule has 1 atom stereocenters. The monoisotopic (exact) mass is 281 g/mol. The summed E-state index contributed by atoms with van der Waals surface area (Å²) in [5.41, 5.74) is 2.52. The average molecular weight is 281 g/mol. The molecule has 0 N–H and O–H groups in total. The van der Waals surface area contributed by atoms with Crippen LogP contribution in [0.15, 0.2) is 54.6 Å². The first-order valence-corrected chi connectivity index (χ1v) is 6.77. The molecule has 106 valence electrons. The highest BCUT2D eigenvalue weighted by molar-refractivity contribution is 6.11. The first-order chi connectivity index (χ1) is 10.2. The maximum atomic E-state index is 12.7. The summed E-state index contributed by atoms with van der Waals surface area (Å²) in [5.74, 6) is -0.945. The number of fused-ring (bicyclic) bond motifs is 1. The SMILES string of the molecule is COC(=O)CC1C(=O)N(c2ccccc2)c2ccccc21.